The Morgan fingerprint density at radius 1 is 1.33 bits per heavy atom. The van der Waals surface area contributed by atoms with E-state index >= 15 is 0 Å². The fourth-order valence-corrected chi connectivity index (χ4v) is 2.23. The van der Waals surface area contributed by atoms with Crippen molar-refractivity contribution in [3.05, 3.63) is 21.9 Å². The Labute approximate surface area is 91.5 Å². The van der Waals surface area contributed by atoms with Crippen LogP contribution in [-0.4, -0.2) is 37.0 Å². The zero-order valence-electron chi connectivity index (χ0n) is 8.36. The fraction of sp³-hybridized carbons (Fsp3) is 0.400. The zero-order valence-corrected chi connectivity index (χ0v) is 9.17. The van der Waals surface area contributed by atoms with Gasteiger partial charge < -0.3 is 9.64 Å². The van der Waals surface area contributed by atoms with Crippen LogP contribution >= 0.6 is 11.3 Å². The number of hydrogen-bond acceptors (Lipinski definition) is 4. The molecular weight excluding hydrogens is 214 g/mol. The number of esters is 1. The van der Waals surface area contributed by atoms with E-state index in [1.165, 1.54) is 18.4 Å². The summed E-state index contributed by atoms with van der Waals surface area (Å²) < 4.78 is 4.58. The van der Waals surface area contributed by atoms with E-state index in [9.17, 15) is 9.59 Å². The van der Waals surface area contributed by atoms with Crippen molar-refractivity contribution >= 4 is 23.2 Å². The monoisotopic (exact) mass is 225 g/mol. The van der Waals surface area contributed by atoms with Crippen LogP contribution in [-0.2, 0) is 4.74 Å². The van der Waals surface area contributed by atoms with E-state index in [2.05, 4.69) is 4.74 Å². The van der Waals surface area contributed by atoms with Gasteiger partial charge in [-0.15, -0.1) is 11.3 Å². The largest absolute Gasteiger partial charge is 0.465 e. The Morgan fingerprint density at radius 2 is 2.00 bits per heavy atom. The van der Waals surface area contributed by atoms with Crippen molar-refractivity contribution in [1.82, 2.24) is 4.90 Å². The number of likely N-dealkylation sites (tertiary alicyclic amines) is 1. The molecule has 4 nitrogen and oxygen atoms in total. The van der Waals surface area contributed by atoms with Gasteiger partial charge in [-0.3, -0.25) is 4.79 Å². The Hall–Kier alpha value is -1.36. The molecule has 0 bridgehead atoms. The van der Waals surface area contributed by atoms with Crippen LogP contribution in [0, 0.1) is 0 Å². The van der Waals surface area contributed by atoms with Crippen molar-refractivity contribution in [1.29, 1.82) is 0 Å². The van der Waals surface area contributed by atoms with Gasteiger partial charge in [-0.25, -0.2) is 4.79 Å². The second kappa shape index (κ2) is 4.02. The quantitative estimate of drug-likeness (QED) is 0.714. The summed E-state index contributed by atoms with van der Waals surface area (Å²) in [6.07, 6.45) is 1.07. The number of ether oxygens (including phenoxy) is 1. The highest BCUT2D eigenvalue weighted by Gasteiger charge is 2.23. The summed E-state index contributed by atoms with van der Waals surface area (Å²) in [7, 11) is 1.33. The highest BCUT2D eigenvalue weighted by atomic mass is 32.1. The summed E-state index contributed by atoms with van der Waals surface area (Å²) in [6, 6.07) is 3.31. The maximum Gasteiger partial charge on any atom is 0.348 e. The number of carbonyl (C=O) groups is 2. The molecule has 0 aliphatic carbocycles. The number of amides is 1. The third kappa shape index (κ3) is 1.87. The SMILES string of the molecule is COC(=O)c1ccc(C(=O)N2CCC2)s1. The van der Waals surface area contributed by atoms with Gasteiger partial charge in [0.25, 0.3) is 5.91 Å². The fourth-order valence-electron chi connectivity index (χ4n) is 1.34. The number of hydrogen-bond donors (Lipinski definition) is 0. The molecule has 1 amide bonds. The first-order chi connectivity index (χ1) is 7.22. The van der Waals surface area contributed by atoms with Crippen LogP contribution in [0.1, 0.15) is 25.8 Å². The second-order valence-electron chi connectivity index (χ2n) is 3.30. The molecule has 0 N–H and O–H groups in total. The molecular formula is C10H11NO3S. The first-order valence-electron chi connectivity index (χ1n) is 4.70. The Kier molecular flexibility index (Phi) is 2.73. The molecule has 1 fully saturated rings. The molecule has 1 aliphatic heterocycles. The number of carbonyl (C=O) groups excluding carboxylic acids is 2. The summed E-state index contributed by atoms with van der Waals surface area (Å²) >= 11 is 1.19. The van der Waals surface area contributed by atoms with Gasteiger partial charge in [-0.05, 0) is 18.6 Å². The van der Waals surface area contributed by atoms with E-state index in [4.69, 9.17) is 0 Å². The summed E-state index contributed by atoms with van der Waals surface area (Å²) in [5.41, 5.74) is 0. The minimum Gasteiger partial charge on any atom is -0.465 e. The van der Waals surface area contributed by atoms with E-state index in [1.54, 1.807) is 17.0 Å². The smallest absolute Gasteiger partial charge is 0.348 e. The van der Waals surface area contributed by atoms with Crippen LogP contribution in [0.4, 0.5) is 0 Å². The van der Waals surface area contributed by atoms with Crippen molar-refractivity contribution in [3.63, 3.8) is 0 Å². The maximum atomic E-state index is 11.7. The van der Waals surface area contributed by atoms with Gasteiger partial charge in [-0.2, -0.15) is 0 Å². The minimum atomic E-state index is -0.386. The highest BCUT2D eigenvalue weighted by Crippen LogP contribution is 2.21. The number of rotatable bonds is 2. The van der Waals surface area contributed by atoms with Crippen molar-refractivity contribution < 1.29 is 14.3 Å². The average Bonchev–Trinajstić information content (AvgIpc) is 2.62. The van der Waals surface area contributed by atoms with Crippen LogP contribution in [0.2, 0.25) is 0 Å². The molecule has 15 heavy (non-hydrogen) atoms. The van der Waals surface area contributed by atoms with E-state index in [1.807, 2.05) is 0 Å². The summed E-state index contributed by atoms with van der Waals surface area (Å²) in [4.78, 5) is 25.8. The van der Waals surface area contributed by atoms with Crippen LogP contribution in [0.25, 0.3) is 0 Å². The third-order valence-electron chi connectivity index (χ3n) is 2.35. The zero-order chi connectivity index (χ0) is 10.8. The molecule has 0 unspecified atom stereocenters. The Morgan fingerprint density at radius 3 is 2.53 bits per heavy atom. The van der Waals surface area contributed by atoms with Crippen molar-refractivity contribution in [3.8, 4) is 0 Å². The van der Waals surface area contributed by atoms with Gasteiger partial charge in [0.1, 0.15) is 4.88 Å². The summed E-state index contributed by atoms with van der Waals surface area (Å²) in [5, 5.41) is 0. The second-order valence-corrected chi connectivity index (χ2v) is 4.39. The molecule has 2 rings (SSSR count). The molecule has 0 spiro atoms. The number of methoxy groups -OCH3 is 1. The molecule has 80 valence electrons. The molecule has 1 aliphatic rings. The molecule has 0 saturated carbocycles. The number of nitrogens with zero attached hydrogens (tertiary/aromatic N) is 1. The Balaban J connectivity index is 2.12. The Bertz CT molecular complexity index is 395. The van der Waals surface area contributed by atoms with Gasteiger partial charge in [-0.1, -0.05) is 0 Å². The molecule has 0 radical (unpaired) electrons. The summed E-state index contributed by atoms with van der Waals surface area (Å²) in [6.45, 7) is 1.65. The van der Waals surface area contributed by atoms with E-state index < -0.39 is 0 Å². The predicted octanol–water partition coefficient (Wildman–Crippen LogP) is 1.38. The molecule has 1 aromatic heterocycles. The standard InChI is InChI=1S/C10H11NO3S/c1-14-10(13)8-4-3-7(15-8)9(12)11-5-2-6-11/h3-4H,2,5-6H2,1H3. The lowest BCUT2D eigenvalue weighted by atomic mass is 10.2. The van der Waals surface area contributed by atoms with E-state index in [0.29, 0.717) is 9.75 Å². The van der Waals surface area contributed by atoms with Crippen LogP contribution in [0.3, 0.4) is 0 Å². The van der Waals surface area contributed by atoms with Crippen LogP contribution in [0.5, 0.6) is 0 Å². The van der Waals surface area contributed by atoms with E-state index in [-0.39, 0.29) is 11.9 Å². The topological polar surface area (TPSA) is 46.6 Å². The van der Waals surface area contributed by atoms with Gasteiger partial charge >= 0.3 is 5.97 Å². The summed E-state index contributed by atoms with van der Waals surface area (Å²) in [5.74, 6) is -0.371. The predicted molar refractivity (Wildman–Crippen MR) is 56.2 cm³/mol. The molecule has 0 atom stereocenters. The normalized spacial score (nSPS) is 14.6. The van der Waals surface area contributed by atoms with Gasteiger partial charge in [0.2, 0.25) is 0 Å². The molecule has 0 aromatic carbocycles. The maximum absolute atomic E-state index is 11.7. The first kappa shape index (κ1) is 10.2. The molecule has 1 aromatic rings. The van der Waals surface area contributed by atoms with Crippen molar-refractivity contribution in [2.45, 2.75) is 6.42 Å². The van der Waals surface area contributed by atoms with Gasteiger partial charge in [0, 0.05) is 13.1 Å². The average molecular weight is 225 g/mol. The molecule has 2 heterocycles. The van der Waals surface area contributed by atoms with Gasteiger partial charge in [0.15, 0.2) is 0 Å². The molecule has 1 saturated heterocycles. The van der Waals surface area contributed by atoms with E-state index in [0.717, 1.165) is 19.5 Å². The van der Waals surface area contributed by atoms with Gasteiger partial charge in [0.05, 0.1) is 12.0 Å². The lowest BCUT2D eigenvalue weighted by Crippen LogP contribution is -2.41. The molecule has 5 heteroatoms. The first-order valence-corrected chi connectivity index (χ1v) is 5.51. The highest BCUT2D eigenvalue weighted by molar-refractivity contribution is 7.15. The van der Waals surface area contributed by atoms with Crippen molar-refractivity contribution in [2.75, 3.05) is 20.2 Å². The van der Waals surface area contributed by atoms with Crippen molar-refractivity contribution in [2.24, 2.45) is 0 Å². The minimum absolute atomic E-state index is 0.0152. The third-order valence-corrected chi connectivity index (χ3v) is 3.40. The lowest BCUT2D eigenvalue weighted by molar-refractivity contribution is 0.0605. The van der Waals surface area contributed by atoms with Crippen LogP contribution < -0.4 is 0 Å². The van der Waals surface area contributed by atoms with Crippen LogP contribution in [0.15, 0.2) is 12.1 Å². The lowest BCUT2D eigenvalue weighted by Gasteiger charge is -2.30. The number of thiophene rings is 1.